The number of hydrogen-bond donors (Lipinski definition) is 1. The second-order valence-corrected chi connectivity index (χ2v) is 8.49. The minimum atomic E-state index is 0.139. The van der Waals surface area contributed by atoms with Gasteiger partial charge in [0, 0.05) is 16.3 Å². The molecule has 1 aromatic heterocycles. The number of hydrogen-bond acceptors (Lipinski definition) is 3. The van der Waals surface area contributed by atoms with Crippen LogP contribution < -0.4 is 5.73 Å². The molecule has 4 saturated carbocycles. The summed E-state index contributed by atoms with van der Waals surface area (Å²) in [6.45, 7) is 4.23. The Bertz CT molecular complexity index is 468. The molecule has 2 N–H and O–H groups in total. The quantitative estimate of drug-likeness (QED) is 0.888. The Hall–Kier alpha value is -0.410. The fourth-order valence-electron chi connectivity index (χ4n) is 5.43. The monoisotopic (exact) mass is 276 g/mol. The smallest absolute Gasteiger partial charge is 0.0993 e. The average molecular weight is 276 g/mol. The minimum Gasteiger partial charge on any atom is -0.323 e. The second-order valence-electron chi connectivity index (χ2n) is 7.46. The van der Waals surface area contributed by atoms with Gasteiger partial charge in [-0.05, 0) is 70.1 Å². The molecule has 0 aliphatic heterocycles. The summed E-state index contributed by atoms with van der Waals surface area (Å²) in [4.78, 5) is 6.27. The normalized spacial score (nSPS) is 41.7. The minimum absolute atomic E-state index is 0.139. The van der Waals surface area contributed by atoms with E-state index in [1.165, 1.54) is 54.1 Å². The third kappa shape index (κ3) is 1.81. The van der Waals surface area contributed by atoms with Crippen LogP contribution in [0.1, 0.15) is 67.1 Å². The molecule has 3 heteroatoms. The molecule has 1 aromatic rings. The number of thiazole rings is 1. The first kappa shape index (κ1) is 12.3. The Morgan fingerprint density at radius 2 is 1.68 bits per heavy atom. The van der Waals surface area contributed by atoms with Crippen LogP contribution in [-0.4, -0.2) is 4.98 Å². The highest BCUT2D eigenvalue weighted by Gasteiger charge is 2.53. The molecule has 1 heterocycles. The predicted octanol–water partition coefficient (Wildman–Crippen LogP) is 3.94. The zero-order valence-electron chi connectivity index (χ0n) is 12.0. The lowest BCUT2D eigenvalue weighted by atomic mass is 9.50. The standard InChI is InChI=1S/C16H24N2S/c1-9(17)14-10(2)18-15(19-14)16-6-11-3-12(7-16)5-13(4-11)8-16/h9,11-13H,3-8,17H2,1-2H3. The molecular formula is C16H24N2S. The lowest BCUT2D eigenvalue weighted by molar-refractivity contribution is -0.00531. The molecule has 5 rings (SSSR count). The lowest BCUT2D eigenvalue weighted by Crippen LogP contribution is -2.48. The summed E-state index contributed by atoms with van der Waals surface area (Å²) < 4.78 is 0. The van der Waals surface area contributed by atoms with Gasteiger partial charge >= 0.3 is 0 Å². The summed E-state index contributed by atoms with van der Waals surface area (Å²) in [6, 6.07) is 0.139. The summed E-state index contributed by atoms with van der Waals surface area (Å²) >= 11 is 1.92. The fourth-order valence-corrected chi connectivity index (χ4v) is 6.67. The SMILES string of the molecule is Cc1nc(C23CC4CC(CC(C4)C2)C3)sc1C(C)N. The van der Waals surface area contributed by atoms with Crippen molar-refractivity contribution in [1.82, 2.24) is 4.98 Å². The topological polar surface area (TPSA) is 38.9 Å². The van der Waals surface area contributed by atoms with Crippen molar-refractivity contribution in [2.75, 3.05) is 0 Å². The Labute approximate surface area is 119 Å². The Morgan fingerprint density at radius 1 is 1.16 bits per heavy atom. The van der Waals surface area contributed by atoms with Gasteiger partial charge in [-0.1, -0.05) is 0 Å². The van der Waals surface area contributed by atoms with Crippen molar-refractivity contribution < 1.29 is 0 Å². The third-order valence-electron chi connectivity index (χ3n) is 5.74. The van der Waals surface area contributed by atoms with E-state index in [4.69, 9.17) is 10.7 Å². The Kier molecular flexibility index (Phi) is 2.63. The van der Waals surface area contributed by atoms with Crippen LogP contribution in [0.3, 0.4) is 0 Å². The van der Waals surface area contributed by atoms with E-state index in [2.05, 4.69) is 13.8 Å². The van der Waals surface area contributed by atoms with E-state index in [0.717, 1.165) is 17.8 Å². The van der Waals surface area contributed by atoms with Crippen LogP contribution in [0.2, 0.25) is 0 Å². The van der Waals surface area contributed by atoms with Crippen LogP contribution >= 0.6 is 11.3 Å². The maximum atomic E-state index is 6.09. The molecule has 4 bridgehead atoms. The summed E-state index contributed by atoms with van der Waals surface area (Å²) in [6.07, 6.45) is 8.73. The molecule has 2 nitrogen and oxygen atoms in total. The van der Waals surface area contributed by atoms with Crippen LogP contribution in [0.4, 0.5) is 0 Å². The number of nitrogens with zero attached hydrogens (tertiary/aromatic N) is 1. The van der Waals surface area contributed by atoms with E-state index >= 15 is 0 Å². The van der Waals surface area contributed by atoms with Gasteiger partial charge in [0.25, 0.3) is 0 Å². The van der Waals surface area contributed by atoms with Crippen molar-refractivity contribution >= 4 is 11.3 Å². The molecule has 104 valence electrons. The number of aryl methyl sites for hydroxylation is 1. The molecule has 0 spiro atoms. The molecule has 1 atom stereocenters. The van der Waals surface area contributed by atoms with Crippen LogP contribution in [0.5, 0.6) is 0 Å². The second kappa shape index (κ2) is 4.05. The number of aromatic nitrogens is 1. The van der Waals surface area contributed by atoms with Gasteiger partial charge in [0.15, 0.2) is 0 Å². The zero-order valence-corrected chi connectivity index (χ0v) is 12.8. The van der Waals surface area contributed by atoms with Gasteiger partial charge in [0.05, 0.1) is 10.7 Å². The van der Waals surface area contributed by atoms with Crippen molar-refractivity contribution in [3.63, 3.8) is 0 Å². The van der Waals surface area contributed by atoms with Crippen LogP contribution in [0.15, 0.2) is 0 Å². The molecule has 0 aromatic carbocycles. The highest BCUT2D eigenvalue weighted by Crippen LogP contribution is 2.61. The van der Waals surface area contributed by atoms with Gasteiger partial charge in [0.1, 0.15) is 0 Å². The Morgan fingerprint density at radius 3 is 2.11 bits per heavy atom. The van der Waals surface area contributed by atoms with E-state index in [-0.39, 0.29) is 6.04 Å². The van der Waals surface area contributed by atoms with E-state index in [0.29, 0.717) is 5.41 Å². The summed E-state index contributed by atoms with van der Waals surface area (Å²) in [5.74, 6) is 2.98. The number of nitrogens with two attached hydrogens (primary N) is 1. The van der Waals surface area contributed by atoms with Gasteiger partial charge in [-0.25, -0.2) is 4.98 Å². The van der Waals surface area contributed by atoms with Gasteiger partial charge in [-0.3, -0.25) is 0 Å². The van der Waals surface area contributed by atoms with Crippen molar-refractivity contribution in [2.45, 2.75) is 63.8 Å². The van der Waals surface area contributed by atoms with Gasteiger partial charge in [-0.2, -0.15) is 0 Å². The van der Waals surface area contributed by atoms with Crippen LogP contribution in [0.25, 0.3) is 0 Å². The average Bonchev–Trinajstić information content (AvgIpc) is 2.70. The van der Waals surface area contributed by atoms with Gasteiger partial charge in [-0.15, -0.1) is 11.3 Å². The van der Waals surface area contributed by atoms with Crippen molar-refractivity contribution in [2.24, 2.45) is 23.5 Å². The zero-order chi connectivity index (χ0) is 13.2. The van der Waals surface area contributed by atoms with E-state index in [1.807, 2.05) is 11.3 Å². The van der Waals surface area contributed by atoms with E-state index in [9.17, 15) is 0 Å². The molecule has 19 heavy (non-hydrogen) atoms. The first-order chi connectivity index (χ1) is 9.06. The fraction of sp³-hybridized carbons (Fsp3) is 0.812. The van der Waals surface area contributed by atoms with E-state index < -0.39 is 0 Å². The summed E-state index contributed by atoms with van der Waals surface area (Å²) in [5, 5.41) is 1.43. The lowest BCUT2D eigenvalue weighted by Gasteiger charge is -2.56. The summed E-state index contributed by atoms with van der Waals surface area (Å²) in [5.41, 5.74) is 7.72. The highest BCUT2D eigenvalue weighted by molar-refractivity contribution is 7.12. The highest BCUT2D eigenvalue weighted by atomic mass is 32.1. The summed E-state index contributed by atoms with van der Waals surface area (Å²) in [7, 11) is 0. The molecule has 1 unspecified atom stereocenters. The predicted molar refractivity (Wildman–Crippen MR) is 79.3 cm³/mol. The number of rotatable bonds is 2. The van der Waals surface area contributed by atoms with Crippen LogP contribution in [-0.2, 0) is 5.41 Å². The molecule has 0 radical (unpaired) electrons. The maximum Gasteiger partial charge on any atom is 0.0993 e. The third-order valence-corrected chi connectivity index (χ3v) is 7.34. The maximum absolute atomic E-state index is 6.09. The first-order valence-corrected chi connectivity index (χ1v) is 8.61. The van der Waals surface area contributed by atoms with E-state index in [1.54, 1.807) is 0 Å². The molecule has 4 fully saturated rings. The van der Waals surface area contributed by atoms with Gasteiger partial charge in [0.2, 0.25) is 0 Å². The molecule has 0 saturated heterocycles. The molecule has 4 aliphatic carbocycles. The Balaban J connectivity index is 1.73. The van der Waals surface area contributed by atoms with Crippen molar-refractivity contribution in [3.05, 3.63) is 15.6 Å². The van der Waals surface area contributed by atoms with Crippen LogP contribution in [0, 0.1) is 24.7 Å². The molecule has 0 amide bonds. The van der Waals surface area contributed by atoms with Crippen molar-refractivity contribution in [3.8, 4) is 0 Å². The largest absolute Gasteiger partial charge is 0.323 e. The van der Waals surface area contributed by atoms with Gasteiger partial charge < -0.3 is 5.73 Å². The molecular weight excluding hydrogens is 252 g/mol. The van der Waals surface area contributed by atoms with Crippen molar-refractivity contribution in [1.29, 1.82) is 0 Å². The first-order valence-electron chi connectivity index (χ1n) is 7.79. The molecule has 4 aliphatic rings.